The molecule has 5 rings (SSSR count). The minimum atomic E-state index is -1.41. The van der Waals surface area contributed by atoms with Gasteiger partial charge in [-0.15, -0.1) is 0 Å². The number of nitrogens with zero attached hydrogens (tertiary/aromatic N) is 6. The number of hydrogen-bond acceptors (Lipinski definition) is 10. The molecule has 13 heteroatoms. The molecule has 12 nitrogen and oxygen atoms in total. The summed E-state index contributed by atoms with van der Waals surface area (Å²) in [4.78, 5) is 29.6. The fourth-order valence-electron chi connectivity index (χ4n) is 4.70. The molecule has 3 aromatic heterocycles. The van der Waals surface area contributed by atoms with Crippen LogP contribution in [-0.2, 0) is 29.9 Å². The van der Waals surface area contributed by atoms with Crippen molar-refractivity contribution in [3.05, 3.63) is 93.4 Å². The van der Waals surface area contributed by atoms with E-state index >= 15 is 0 Å². The Hall–Kier alpha value is -3.92. The molecule has 0 unspecified atom stereocenters. The van der Waals surface area contributed by atoms with Crippen LogP contribution in [0.15, 0.2) is 62.2 Å². The van der Waals surface area contributed by atoms with Crippen LogP contribution in [0.5, 0.6) is 0 Å². The molecule has 0 saturated heterocycles. The predicted octanol–water partition coefficient (Wildman–Crippen LogP) is 3.58. The van der Waals surface area contributed by atoms with E-state index in [-0.39, 0.29) is 29.5 Å². The summed E-state index contributed by atoms with van der Waals surface area (Å²) in [5.74, 6) is 0.172. The minimum absolute atomic E-state index is 0.119. The first-order valence-electron chi connectivity index (χ1n) is 13.4. The number of aryl methyl sites for hydroxylation is 2. The number of aromatic nitrogens is 6. The summed E-state index contributed by atoms with van der Waals surface area (Å²) in [6.07, 6.45) is 1.37. The number of benzene rings is 2. The Kier molecular flexibility index (Phi) is 8.54. The van der Waals surface area contributed by atoms with Gasteiger partial charge >= 0.3 is 172 Å². The van der Waals surface area contributed by atoms with E-state index < -0.39 is 17.4 Å². The van der Waals surface area contributed by atoms with E-state index in [1.54, 1.807) is 27.8 Å². The number of tetrazole rings is 1. The van der Waals surface area contributed by atoms with Gasteiger partial charge in [-0.1, -0.05) is 6.92 Å². The SMILES string of the molecule is CCCc1nc(C(C)(C)O)c(C(=O)OCc2oc(=O)oc2C)n1Cc1ccc(-c2ccccc2-c2nnn[n]2[Tl])cc1. The maximum absolute atomic E-state index is 13.5. The van der Waals surface area contributed by atoms with E-state index in [1.165, 1.54) is 0 Å². The maximum atomic E-state index is 13.5. The van der Waals surface area contributed by atoms with Gasteiger partial charge in [0.05, 0.1) is 0 Å². The number of esters is 1. The molecule has 0 saturated carbocycles. The van der Waals surface area contributed by atoms with E-state index in [9.17, 15) is 14.7 Å². The fourth-order valence-corrected chi connectivity index (χ4v) is 5.62. The Balaban J connectivity index is 1.48. The van der Waals surface area contributed by atoms with Crippen molar-refractivity contribution in [3.63, 3.8) is 0 Å². The van der Waals surface area contributed by atoms with Crippen LogP contribution >= 0.6 is 0 Å². The van der Waals surface area contributed by atoms with Crippen LogP contribution < -0.4 is 5.82 Å². The van der Waals surface area contributed by atoms with Crippen LogP contribution in [0.2, 0.25) is 0 Å². The topological polar surface area (TPSA) is 151 Å². The van der Waals surface area contributed by atoms with Crippen LogP contribution in [-0.4, -0.2) is 64.7 Å². The second kappa shape index (κ2) is 12.1. The third-order valence-corrected chi connectivity index (χ3v) is 8.08. The molecule has 0 amide bonds. The molecule has 0 aliphatic heterocycles. The molecule has 42 heavy (non-hydrogen) atoms. The van der Waals surface area contributed by atoms with Gasteiger partial charge in [-0.25, -0.2) is 9.59 Å². The Morgan fingerprint density at radius 1 is 1.10 bits per heavy atom. The molecular weight excluding hydrogens is 733 g/mol. The number of hydrogen-bond donors (Lipinski definition) is 1. The Morgan fingerprint density at radius 2 is 1.81 bits per heavy atom. The average Bonchev–Trinajstić information content (AvgIpc) is 3.64. The number of ether oxygens (including phenoxy) is 1. The van der Waals surface area contributed by atoms with Crippen LogP contribution in [0.3, 0.4) is 0 Å². The first-order valence-corrected chi connectivity index (χ1v) is 15.4. The average molecular weight is 762 g/mol. The Bertz CT molecular complexity index is 1780. The molecule has 0 bridgehead atoms. The molecular formula is C29H29N6O6Tl. The van der Waals surface area contributed by atoms with E-state index in [1.807, 2.05) is 55.5 Å². The second-order valence-corrected chi connectivity index (χ2v) is 12.2. The van der Waals surface area contributed by atoms with Gasteiger partial charge in [0.2, 0.25) is 0 Å². The van der Waals surface area contributed by atoms with Crippen molar-refractivity contribution in [2.45, 2.75) is 59.3 Å². The standard InChI is InChI=1S/C29H29N6O6.Tl/c1-5-8-23-30-25(29(3,4)38)24(27(36)39-16-22-17(2)40-28(37)41-22)35(23)15-18-11-13-19(14-12-18)20-9-6-7-10-21(20)26-31-33-34-32-26;/h6-7,9-14,38H,5,8,15-16H2,1-4H3;/q-1;+1. The summed E-state index contributed by atoms with van der Waals surface area (Å²) in [5.41, 5.74) is 2.82. The van der Waals surface area contributed by atoms with E-state index in [0.29, 0.717) is 44.9 Å². The summed E-state index contributed by atoms with van der Waals surface area (Å²) in [6, 6.07) is 16.0. The van der Waals surface area contributed by atoms with Gasteiger partial charge in [-0.05, 0) is 27.2 Å². The predicted molar refractivity (Wildman–Crippen MR) is 152 cm³/mol. The first-order chi connectivity index (χ1) is 20.1. The van der Waals surface area contributed by atoms with Gasteiger partial charge in [-0.2, -0.15) is 0 Å². The summed E-state index contributed by atoms with van der Waals surface area (Å²) < 4.78 is 19.0. The van der Waals surface area contributed by atoms with Crippen molar-refractivity contribution in [1.29, 1.82) is 0 Å². The number of rotatable bonds is 10. The van der Waals surface area contributed by atoms with Crippen molar-refractivity contribution in [3.8, 4) is 22.5 Å². The van der Waals surface area contributed by atoms with Crippen LogP contribution in [0.25, 0.3) is 22.5 Å². The van der Waals surface area contributed by atoms with Crippen LogP contribution in [0.4, 0.5) is 0 Å². The van der Waals surface area contributed by atoms with Crippen LogP contribution in [0.1, 0.15) is 66.3 Å². The van der Waals surface area contributed by atoms with Gasteiger partial charge in [0.25, 0.3) is 0 Å². The number of carbonyl (C=O) groups excluding carboxylic acids is 1. The zero-order valence-electron chi connectivity index (χ0n) is 23.7. The molecule has 0 aliphatic carbocycles. The molecule has 0 spiro atoms. The molecule has 3 heterocycles. The fraction of sp³-hybridized carbons (Fsp3) is 0.310. The van der Waals surface area contributed by atoms with E-state index in [2.05, 4.69) is 20.5 Å². The molecule has 2 aromatic carbocycles. The zero-order valence-corrected chi connectivity index (χ0v) is 28.2. The van der Waals surface area contributed by atoms with Crippen molar-refractivity contribution in [2.24, 2.45) is 0 Å². The normalized spacial score (nSPS) is 11.6. The molecule has 0 radical (unpaired) electrons. The van der Waals surface area contributed by atoms with Gasteiger partial charge in [0.1, 0.15) is 5.60 Å². The van der Waals surface area contributed by atoms with Crippen molar-refractivity contribution < 1.29 is 23.5 Å². The first kappa shape index (κ1) is 29.6. The number of carbonyl (C=O) groups is 1. The van der Waals surface area contributed by atoms with Crippen LogP contribution in [0, 0.1) is 6.92 Å². The van der Waals surface area contributed by atoms with Gasteiger partial charge in [0.15, 0.2) is 18.1 Å². The van der Waals surface area contributed by atoms with E-state index in [0.717, 1.165) is 34.5 Å². The Morgan fingerprint density at radius 3 is 2.40 bits per heavy atom. The van der Waals surface area contributed by atoms with Crippen molar-refractivity contribution in [2.75, 3.05) is 0 Å². The van der Waals surface area contributed by atoms with Gasteiger partial charge in [0, 0.05) is 0 Å². The Labute approximate surface area is 257 Å². The quantitative estimate of drug-likeness (QED) is 0.165. The molecule has 5 aromatic rings. The third kappa shape index (κ3) is 6.13. The van der Waals surface area contributed by atoms with Gasteiger partial charge in [-0.3, -0.25) is 0 Å². The van der Waals surface area contributed by atoms with E-state index in [4.69, 9.17) is 13.6 Å². The summed E-state index contributed by atoms with van der Waals surface area (Å²) in [5, 5.41) is 23.0. The molecule has 0 atom stereocenters. The monoisotopic (exact) mass is 762 g/mol. The number of aliphatic hydroxyl groups is 1. The third-order valence-electron chi connectivity index (χ3n) is 6.73. The summed E-state index contributed by atoms with van der Waals surface area (Å²) in [7, 11) is 0. The molecule has 0 fully saturated rings. The molecule has 1 N–H and O–H groups in total. The zero-order chi connectivity index (χ0) is 30.0. The van der Waals surface area contributed by atoms with Crippen molar-refractivity contribution >= 4 is 32.0 Å². The second-order valence-electron chi connectivity index (χ2n) is 10.3. The van der Waals surface area contributed by atoms with Gasteiger partial charge < -0.3 is 18.7 Å². The number of imidazole rings is 1. The summed E-state index contributed by atoms with van der Waals surface area (Å²) >= 11 is 0.430. The molecule has 0 aliphatic rings. The summed E-state index contributed by atoms with van der Waals surface area (Å²) in [6.45, 7) is 6.75. The molecule has 214 valence electrons. The van der Waals surface area contributed by atoms with Crippen molar-refractivity contribution in [1.82, 2.24) is 27.6 Å².